The van der Waals surface area contributed by atoms with Crippen molar-refractivity contribution in [3.05, 3.63) is 57.8 Å². The quantitative estimate of drug-likeness (QED) is 0.266. The molecule has 1 aromatic carbocycles. The van der Waals surface area contributed by atoms with Gasteiger partial charge in [-0.1, -0.05) is 57.1 Å². The van der Waals surface area contributed by atoms with E-state index in [1.54, 1.807) is 12.3 Å². The van der Waals surface area contributed by atoms with E-state index >= 15 is 0 Å². The number of hydrogen-bond donors (Lipinski definition) is 8. The molecule has 0 radical (unpaired) electrons. The van der Waals surface area contributed by atoms with Crippen LogP contribution < -0.4 is 38.5 Å². The summed E-state index contributed by atoms with van der Waals surface area (Å²) < 4.78 is 0. The zero-order valence-corrected chi connectivity index (χ0v) is 25.0. The molecule has 1 saturated heterocycles. The van der Waals surface area contributed by atoms with E-state index in [-0.39, 0.29) is 35.7 Å². The normalized spacial score (nSPS) is 27.7. The second kappa shape index (κ2) is 14.4. The molecule has 5 atom stereocenters. The van der Waals surface area contributed by atoms with Gasteiger partial charge in [0.2, 0.25) is 0 Å². The smallest absolute Gasteiger partial charge is 0.143 e. The maximum absolute atomic E-state index is 9.91. The first-order valence-corrected chi connectivity index (χ1v) is 15.2. The predicted octanol–water partition coefficient (Wildman–Crippen LogP) is 4.09. The number of nitrogens with two attached hydrogens (primary N) is 3. The Kier molecular flexibility index (Phi) is 11.6. The van der Waals surface area contributed by atoms with Crippen LogP contribution in [0.15, 0.2) is 46.6 Å². The monoisotopic (exact) mass is 576 g/mol. The molecule has 3 aliphatic rings. The Morgan fingerprint density at radius 2 is 1.92 bits per heavy atom. The molecule has 1 spiro atoms. The summed E-state index contributed by atoms with van der Waals surface area (Å²) in [5.74, 6) is 0.598. The highest BCUT2D eigenvalue weighted by molar-refractivity contribution is 8.03. The van der Waals surface area contributed by atoms with Crippen LogP contribution >= 0.6 is 23.4 Å². The number of thioether (sulfide) groups is 1. The number of aromatic nitrogens is 1. The molecule has 5 unspecified atom stereocenters. The number of benzene rings is 1. The van der Waals surface area contributed by atoms with Gasteiger partial charge in [0.25, 0.3) is 0 Å². The molecule has 1 aromatic heterocycles. The van der Waals surface area contributed by atoms with Crippen LogP contribution in [0.5, 0.6) is 5.75 Å². The van der Waals surface area contributed by atoms with Crippen molar-refractivity contribution in [3.8, 4) is 5.75 Å². The van der Waals surface area contributed by atoms with Crippen molar-refractivity contribution in [1.82, 2.24) is 26.3 Å². The molecule has 2 aliphatic heterocycles. The molecule has 3 heterocycles. The second-order valence-electron chi connectivity index (χ2n) is 9.65. The summed E-state index contributed by atoms with van der Waals surface area (Å²) in [6, 6.07) is 7.41. The van der Waals surface area contributed by atoms with Crippen LogP contribution in [0.2, 0.25) is 5.02 Å². The Labute approximate surface area is 242 Å². The van der Waals surface area contributed by atoms with Crippen molar-refractivity contribution in [3.63, 3.8) is 0 Å². The van der Waals surface area contributed by atoms with Gasteiger partial charge in [0.1, 0.15) is 23.9 Å². The number of hydrogen-bond acceptors (Lipinski definition) is 10. The van der Waals surface area contributed by atoms with Gasteiger partial charge in [-0.25, -0.2) is 4.98 Å². The molecule has 1 fully saturated rings. The first-order chi connectivity index (χ1) is 18.8. The molecule has 11 N–H and O–H groups in total. The van der Waals surface area contributed by atoms with Gasteiger partial charge in [0.05, 0.1) is 16.2 Å². The van der Waals surface area contributed by atoms with E-state index in [1.165, 1.54) is 17.3 Å². The molecule has 11 heteroatoms. The average molecular weight is 577 g/mol. The number of halogens is 1. The fraction of sp³-hybridized carbons (Fsp3) is 0.536. The number of anilines is 1. The van der Waals surface area contributed by atoms with Crippen LogP contribution in [0, 0.1) is 5.41 Å². The van der Waals surface area contributed by atoms with E-state index in [1.807, 2.05) is 52.1 Å². The number of phenolic OH excluding ortho intramolecular Hbond substituents is 1. The molecular weight excluding hydrogens is 532 g/mol. The van der Waals surface area contributed by atoms with Gasteiger partial charge in [-0.3, -0.25) is 5.32 Å². The number of aromatic hydroxyl groups is 1. The van der Waals surface area contributed by atoms with Crippen LogP contribution in [0.3, 0.4) is 0 Å². The minimum atomic E-state index is -0.329. The first kappa shape index (κ1) is 31.3. The van der Waals surface area contributed by atoms with Gasteiger partial charge in [-0.15, -0.1) is 0 Å². The molecule has 0 bridgehead atoms. The number of nitrogen functional groups attached to an aromatic ring is 1. The fourth-order valence-corrected chi connectivity index (χ4v) is 6.60. The number of rotatable bonds is 4. The maximum atomic E-state index is 9.91. The van der Waals surface area contributed by atoms with E-state index in [2.05, 4.69) is 26.3 Å². The zero-order valence-electron chi connectivity index (χ0n) is 23.4. The molecule has 1 aliphatic carbocycles. The van der Waals surface area contributed by atoms with E-state index in [4.69, 9.17) is 28.8 Å². The minimum Gasteiger partial charge on any atom is -0.508 e. The zero-order chi connectivity index (χ0) is 28.6. The lowest BCUT2D eigenvalue weighted by Crippen LogP contribution is -2.65. The summed E-state index contributed by atoms with van der Waals surface area (Å²) in [6.45, 7) is 8.86. The van der Waals surface area contributed by atoms with Gasteiger partial charge in [-0.05, 0) is 73.4 Å². The third-order valence-electron chi connectivity index (χ3n) is 7.39. The Morgan fingerprint density at radius 1 is 1.15 bits per heavy atom. The third-order valence-corrected chi connectivity index (χ3v) is 8.92. The topological polar surface area (TPSA) is 159 Å². The van der Waals surface area contributed by atoms with Crippen molar-refractivity contribution < 1.29 is 5.11 Å². The lowest BCUT2D eigenvalue weighted by atomic mass is 9.73. The summed E-state index contributed by atoms with van der Waals surface area (Å²) in [4.78, 5) is 4.81. The van der Waals surface area contributed by atoms with Gasteiger partial charge in [-0.2, -0.15) is 0 Å². The molecule has 0 saturated carbocycles. The van der Waals surface area contributed by atoms with Crippen molar-refractivity contribution in [2.75, 3.05) is 12.3 Å². The standard InChI is InChI=1S/C24H33ClN8OS.2C2H6/c25-19-16(5-8-30-21(19)27)35-18-12-31-23(22(28)33-18)32-17-2-1-6-24(7-9-29-17)11-13-3-4-14(34)10-15(13)20(24)26;2*1-2/h3-5,8,10,12,17,20,22-23,29,31-34H,1-2,6-7,9,11,26,28H2,(H2,27,30);2*1-2H3. The van der Waals surface area contributed by atoms with E-state index in [0.717, 1.165) is 54.1 Å². The van der Waals surface area contributed by atoms with Crippen LogP contribution in [-0.2, 0) is 6.42 Å². The van der Waals surface area contributed by atoms with Gasteiger partial charge >= 0.3 is 0 Å². The summed E-state index contributed by atoms with van der Waals surface area (Å²) in [6.07, 6.45) is 8.25. The number of nitrogens with zero attached hydrogens (tertiary/aromatic N) is 1. The summed E-state index contributed by atoms with van der Waals surface area (Å²) in [5, 5.41) is 25.2. The van der Waals surface area contributed by atoms with Gasteiger partial charge < -0.3 is 38.3 Å². The molecule has 9 nitrogen and oxygen atoms in total. The molecule has 2 aromatic rings. The van der Waals surface area contributed by atoms with Crippen molar-refractivity contribution in [2.45, 2.75) is 89.2 Å². The molecule has 216 valence electrons. The minimum absolute atomic E-state index is 0.0427. The van der Waals surface area contributed by atoms with Crippen LogP contribution in [0.4, 0.5) is 5.82 Å². The maximum Gasteiger partial charge on any atom is 0.143 e. The summed E-state index contributed by atoms with van der Waals surface area (Å²) in [7, 11) is 0. The number of pyridine rings is 1. The Bertz CT molecular complexity index is 1110. The summed E-state index contributed by atoms with van der Waals surface area (Å²) >= 11 is 7.72. The van der Waals surface area contributed by atoms with Crippen LogP contribution in [0.1, 0.15) is 70.5 Å². The van der Waals surface area contributed by atoms with Crippen LogP contribution in [0.25, 0.3) is 0 Å². The number of nitrogens with one attached hydrogen (secondary N) is 4. The Morgan fingerprint density at radius 3 is 2.67 bits per heavy atom. The highest BCUT2D eigenvalue weighted by Gasteiger charge is 2.44. The first-order valence-electron chi connectivity index (χ1n) is 14.0. The number of fused-ring (bicyclic) bond motifs is 1. The predicted molar refractivity (Wildman–Crippen MR) is 163 cm³/mol. The Hall–Kier alpha value is -2.21. The van der Waals surface area contributed by atoms with Gasteiger partial charge in [0, 0.05) is 23.3 Å². The molecule has 0 amide bonds. The second-order valence-corrected chi connectivity index (χ2v) is 11.1. The van der Waals surface area contributed by atoms with Crippen molar-refractivity contribution >= 4 is 29.2 Å². The lowest BCUT2D eigenvalue weighted by molar-refractivity contribution is 0.163. The largest absolute Gasteiger partial charge is 0.508 e. The van der Waals surface area contributed by atoms with E-state index in [9.17, 15) is 5.11 Å². The van der Waals surface area contributed by atoms with Crippen molar-refractivity contribution in [1.29, 1.82) is 0 Å². The SMILES string of the molecule is CC.CC.Nc1nccc(SC2=CNC(NC3CCCC4(CCN3)Cc3ccc(O)cc3C4N)C(N)N2)c1Cl. The highest BCUT2D eigenvalue weighted by atomic mass is 35.5. The van der Waals surface area contributed by atoms with E-state index in [0.29, 0.717) is 10.8 Å². The van der Waals surface area contributed by atoms with Crippen LogP contribution in [-0.4, -0.2) is 35.1 Å². The average Bonchev–Trinajstić information content (AvgIpc) is 3.20. The summed E-state index contributed by atoms with van der Waals surface area (Å²) in [5.41, 5.74) is 21.4. The Balaban J connectivity index is 0.00000100. The lowest BCUT2D eigenvalue weighted by Gasteiger charge is -2.39. The third kappa shape index (κ3) is 7.31. The van der Waals surface area contributed by atoms with Crippen molar-refractivity contribution in [2.24, 2.45) is 16.9 Å². The highest BCUT2D eigenvalue weighted by Crippen LogP contribution is 2.50. The van der Waals surface area contributed by atoms with E-state index < -0.39 is 0 Å². The number of phenols is 1. The molecular formula is C28H45ClN8OS. The molecule has 39 heavy (non-hydrogen) atoms. The van der Waals surface area contributed by atoms with Gasteiger partial charge in [0.15, 0.2) is 0 Å². The fourth-order valence-electron chi connectivity index (χ4n) is 5.49. The molecule has 5 rings (SSSR count).